The summed E-state index contributed by atoms with van der Waals surface area (Å²) < 4.78 is 5.43. The fourth-order valence-electron chi connectivity index (χ4n) is 1.84. The first-order valence-corrected chi connectivity index (χ1v) is 5.36. The van der Waals surface area contributed by atoms with Crippen LogP contribution >= 0.6 is 11.3 Å². The van der Waals surface area contributed by atoms with E-state index < -0.39 is 0 Å². The monoisotopic (exact) mass is 180 g/mol. The van der Waals surface area contributed by atoms with Crippen molar-refractivity contribution in [3.63, 3.8) is 0 Å². The molecule has 2 heteroatoms. The maximum Gasteiger partial charge on any atom is 0.123 e. The Balaban J connectivity index is 2.03. The zero-order chi connectivity index (χ0) is 8.18. The summed E-state index contributed by atoms with van der Waals surface area (Å²) in [7, 11) is 0. The van der Waals surface area contributed by atoms with Crippen LogP contribution in [0.5, 0.6) is 0 Å². The highest BCUT2D eigenvalue weighted by molar-refractivity contribution is 7.12. The summed E-state index contributed by atoms with van der Waals surface area (Å²) in [6.07, 6.45) is 3.96. The van der Waals surface area contributed by atoms with Gasteiger partial charge in [-0.2, -0.15) is 0 Å². The first-order chi connectivity index (χ1) is 5.78. The normalized spacial score (nSPS) is 32.1. The molecule has 2 heterocycles. The van der Waals surface area contributed by atoms with Gasteiger partial charge in [0.15, 0.2) is 0 Å². The van der Waals surface area contributed by atoms with E-state index in [2.05, 4.69) is 13.0 Å². The summed E-state index contributed by atoms with van der Waals surface area (Å²) in [6.45, 7) is 3.11. The van der Waals surface area contributed by atoms with Crippen LogP contribution in [0.25, 0.3) is 0 Å². The van der Waals surface area contributed by atoms with E-state index in [9.17, 15) is 0 Å². The molecule has 0 amide bonds. The summed E-state index contributed by atoms with van der Waals surface area (Å²) in [5, 5.41) is 0. The number of rotatable bonds is 1. The lowest BCUT2D eigenvalue weighted by Crippen LogP contribution is -1.97. The van der Waals surface area contributed by atoms with Gasteiger partial charge in [0, 0.05) is 9.75 Å². The topological polar surface area (TPSA) is 12.5 Å². The molecule has 1 aliphatic heterocycles. The predicted molar refractivity (Wildman–Crippen MR) is 49.6 cm³/mol. The van der Waals surface area contributed by atoms with Crippen LogP contribution in [0.2, 0.25) is 0 Å². The molecule has 64 valence electrons. The Kier molecular flexibility index (Phi) is 1.25. The highest BCUT2D eigenvalue weighted by Crippen LogP contribution is 2.44. The third-order valence-corrected chi connectivity index (χ3v) is 4.33. The van der Waals surface area contributed by atoms with Gasteiger partial charge in [-0.1, -0.05) is 0 Å². The SMILES string of the molecule is CC1(c2cc3c(s2)CCC3)CO1. The Morgan fingerprint density at radius 3 is 3.00 bits per heavy atom. The number of hydrogen-bond acceptors (Lipinski definition) is 2. The maximum absolute atomic E-state index is 5.43. The van der Waals surface area contributed by atoms with Gasteiger partial charge in [0.05, 0.1) is 6.61 Å². The Labute approximate surface area is 76.4 Å². The maximum atomic E-state index is 5.43. The molecule has 0 radical (unpaired) electrons. The van der Waals surface area contributed by atoms with E-state index in [1.807, 2.05) is 11.3 Å². The van der Waals surface area contributed by atoms with E-state index in [-0.39, 0.29) is 5.60 Å². The van der Waals surface area contributed by atoms with E-state index in [0.29, 0.717) is 0 Å². The number of ether oxygens (including phenoxy) is 1. The van der Waals surface area contributed by atoms with Gasteiger partial charge in [-0.05, 0) is 37.8 Å². The van der Waals surface area contributed by atoms with Gasteiger partial charge in [0.2, 0.25) is 0 Å². The number of fused-ring (bicyclic) bond motifs is 1. The van der Waals surface area contributed by atoms with E-state index in [1.165, 1.54) is 24.1 Å². The molecule has 0 bridgehead atoms. The van der Waals surface area contributed by atoms with Gasteiger partial charge < -0.3 is 4.74 Å². The van der Waals surface area contributed by atoms with Crippen molar-refractivity contribution in [3.8, 4) is 0 Å². The highest BCUT2D eigenvalue weighted by atomic mass is 32.1. The lowest BCUT2D eigenvalue weighted by atomic mass is 10.1. The molecule has 12 heavy (non-hydrogen) atoms. The molecule has 0 saturated carbocycles. The van der Waals surface area contributed by atoms with Crippen LogP contribution < -0.4 is 0 Å². The third kappa shape index (κ3) is 0.882. The molecule has 0 N–H and O–H groups in total. The lowest BCUT2D eigenvalue weighted by molar-refractivity contribution is 0.333. The molecule has 0 spiro atoms. The van der Waals surface area contributed by atoms with Gasteiger partial charge in [-0.3, -0.25) is 0 Å². The minimum Gasteiger partial charge on any atom is -0.364 e. The molecule has 2 aliphatic rings. The number of epoxide rings is 1. The number of aryl methyl sites for hydroxylation is 2. The van der Waals surface area contributed by atoms with Crippen molar-refractivity contribution < 1.29 is 4.74 Å². The third-order valence-electron chi connectivity index (χ3n) is 2.85. The predicted octanol–water partition coefficient (Wildman–Crippen LogP) is 2.48. The molecule has 1 aliphatic carbocycles. The van der Waals surface area contributed by atoms with Crippen LogP contribution in [-0.4, -0.2) is 6.61 Å². The van der Waals surface area contributed by atoms with E-state index in [1.54, 1.807) is 10.4 Å². The summed E-state index contributed by atoms with van der Waals surface area (Å²) in [5.74, 6) is 0. The molecule has 1 fully saturated rings. The second-order valence-corrected chi connectivity index (χ2v) is 5.07. The first kappa shape index (κ1) is 7.10. The average Bonchev–Trinajstić information content (AvgIpc) is 2.50. The highest BCUT2D eigenvalue weighted by Gasteiger charge is 2.43. The fraction of sp³-hybridized carbons (Fsp3) is 0.600. The van der Waals surface area contributed by atoms with Crippen molar-refractivity contribution in [2.75, 3.05) is 6.61 Å². The fourth-order valence-corrected chi connectivity index (χ4v) is 3.18. The van der Waals surface area contributed by atoms with E-state index >= 15 is 0 Å². The van der Waals surface area contributed by atoms with Crippen LogP contribution in [0.15, 0.2) is 6.07 Å². The molecule has 1 saturated heterocycles. The zero-order valence-corrected chi connectivity index (χ0v) is 8.04. The van der Waals surface area contributed by atoms with Crippen LogP contribution in [0.4, 0.5) is 0 Å². The summed E-state index contributed by atoms with van der Waals surface area (Å²) in [5.41, 5.74) is 1.70. The van der Waals surface area contributed by atoms with Crippen molar-refractivity contribution in [3.05, 3.63) is 21.4 Å². The summed E-state index contributed by atoms with van der Waals surface area (Å²) in [6, 6.07) is 2.36. The Bertz CT molecular complexity index is 301. The quantitative estimate of drug-likeness (QED) is 0.605. The van der Waals surface area contributed by atoms with Gasteiger partial charge >= 0.3 is 0 Å². The largest absolute Gasteiger partial charge is 0.364 e. The van der Waals surface area contributed by atoms with Crippen molar-refractivity contribution in [1.29, 1.82) is 0 Å². The van der Waals surface area contributed by atoms with E-state index in [0.717, 1.165) is 6.61 Å². The van der Waals surface area contributed by atoms with Crippen LogP contribution in [-0.2, 0) is 23.2 Å². The number of thiophene rings is 1. The van der Waals surface area contributed by atoms with Crippen molar-refractivity contribution in [2.24, 2.45) is 0 Å². The molecule has 1 atom stereocenters. The van der Waals surface area contributed by atoms with Crippen LogP contribution in [0, 0.1) is 0 Å². The van der Waals surface area contributed by atoms with Crippen LogP contribution in [0.3, 0.4) is 0 Å². The molecule has 1 unspecified atom stereocenters. The van der Waals surface area contributed by atoms with Gasteiger partial charge in [-0.15, -0.1) is 11.3 Å². The first-order valence-electron chi connectivity index (χ1n) is 4.54. The average molecular weight is 180 g/mol. The summed E-state index contributed by atoms with van der Waals surface area (Å²) in [4.78, 5) is 3.06. The Hall–Kier alpha value is -0.340. The molecule has 0 aromatic carbocycles. The Morgan fingerprint density at radius 1 is 1.50 bits per heavy atom. The second kappa shape index (κ2) is 2.12. The van der Waals surface area contributed by atoms with Crippen molar-refractivity contribution >= 4 is 11.3 Å². The summed E-state index contributed by atoms with van der Waals surface area (Å²) >= 11 is 1.97. The smallest absolute Gasteiger partial charge is 0.123 e. The van der Waals surface area contributed by atoms with Crippen LogP contribution in [0.1, 0.15) is 28.7 Å². The molecule has 3 rings (SSSR count). The molecular formula is C10H12OS. The van der Waals surface area contributed by atoms with E-state index in [4.69, 9.17) is 4.74 Å². The lowest BCUT2D eigenvalue weighted by Gasteiger charge is -1.98. The molecule has 1 aromatic heterocycles. The molecule has 1 aromatic rings. The van der Waals surface area contributed by atoms with Gasteiger partial charge in [-0.25, -0.2) is 0 Å². The second-order valence-electron chi connectivity index (χ2n) is 3.93. The van der Waals surface area contributed by atoms with Crippen molar-refractivity contribution in [1.82, 2.24) is 0 Å². The standard InChI is InChI=1S/C10H12OS/c1-10(6-11-10)9-5-7-3-2-4-8(7)12-9/h5H,2-4,6H2,1H3. The minimum atomic E-state index is 0.106. The molecular weight excluding hydrogens is 168 g/mol. The number of hydrogen-bond donors (Lipinski definition) is 0. The Morgan fingerprint density at radius 2 is 2.33 bits per heavy atom. The van der Waals surface area contributed by atoms with Gasteiger partial charge in [0.1, 0.15) is 5.60 Å². The van der Waals surface area contributed by atoms with Gasteiger partial charge in [0.25, 0.3) is 0 Å². The zero-order valence-electron chi connectivity index (χ0n) is 7.22. The van der Waals surface area contributed by atoms with Crippen molar-refractivity contribution in [2.45, 2.75) is 31.8 Å². The minimum absolute atomic E-state index is 0.106. The molecule has 1 nitrogen and oxygen atoms in total.